The summed E-state index contributed by atoms with van der Waals surface area (Å²) in [5.74, 6) is -1.16. The molecule has 4 rings (SSSR count). The van der Waals surface area contributed by atoms with E-state index in [4.69, 9.17) is 4.84 Å². The van der Waals surface area contributed by atoms with Crippen LogP contribution in [-0.4, -0.2) is 34.3 Å². The van der Waals surface area contributed by atoms with Crippen LogP contribution in [-0.2, 0) is 21.5 Å². The van der Waals surface area contributed by atoms with Crippen molar-refractivity contribution in [2.75, 3.05) is 0 Å². The first kappa shape index (κ1) is 18.1. The van der Waals surface area contributed by atoms with Crippen molar-refractivity contribution in [1.82, 2.24) is 14.0 Å². The quantitative estimate of drug-likeness (QED) is 0.612. The number of hydrogen-bond donors (Lipinski definition) is 0. The van der Waals surface area contributed by atoms with Crippen LogP contribution in [0.25, 0.3) is 0 Å². The molecule has 3 aromatic rings. The van der Waals surface area contributed by atoms with E-state index in [1.165, 1.54) is 36.7 Å². The number of aromatic nitrogens is 2. The number of imidazole rings is 1. The number of fused-ring (bicyclic) bond motifs is 1. The number of hydroxylamine groups is 2. The summed E-state index contributed by atoms with van der Waals surface area (Å²) in [4.78, 5) is 34.1. The Morgan fingerprint density at radius 1 is 0.964 bits per heavy atom. The molecule has 0 radical (unpaired) electrons. The van der Waals surface area contributed by atoms with Gasteiger partial charge < -0.3 is 0 Å². The van der Waals surface area contributed by atoms with Gasteiger partial charge in [-0.15, -0.1) is 5.06 Å². The van der Waals surface area contributed by atoms with Gasteiger partial charge in [-0.1, -0.05) is 29.8 Å². The summed E-state index contributed by atoms with van der Waals surface area (Å²) in [6, 6.07) is 12.7. The average molecular weight is 397 g/mol. The number of amides is 2. The molecule has 0 saturated carbocycles. The summed E-state index contributed by atoms with van der Waals surface area (Å²) in [6.07, 6.45) is 2.60. The fourth-order valence-corrected chi connectivity index (χ4v) is 4.17. The van der Waals surface area contributed by atoms with Gasteiger partial charge in [0.25, 0.3) is 21.8 Å². The minimum Gasteiger partial charge on any atom is -0.266 e. The lowest BCUT2D eigenvalue weighted by Gasteiger charge is -2.14. The van der Waals surface area contributed by atoms with Gasteiger partial charge in [-0.05, 0) is 31.2 Å². The molecule has 142 valence electrons. The van der Waals surface area contributed by atoms with Crippen LogP contribution in [0.5, 0.6) is 0 Å². The van der Waals surface area contributed by atoms with Crippen LogP contribution in [0.3, 0.4) is 0 Å². The summed E-state index contributed by atoms with van der Waals surface area (Å²) in [7, 11) is -3.88. The Hall–Kier alpha value is -3.30. The third kappa shape index (κ3) is 2.90. The number of nitrogens with zero attached hydrogens (tertiary/aromatic N) is 3. The molecule has 1 aromatic heterocycles. The number of benzene rings is 2. The molecule has 2 heterocycles. The minimum atomic E-state index is -3.88. The zero-order valence-electron chi connectivity index (χ0n) is 14.8. The molecule has 0 N–H and O–H groups in total. The number of carbonyl (C=O) groups is 2. The molecule has 9 heteroatoms. The minimum absolute atomic E-state index is 0.0390. The first-order valence-corrected chi connectivity index (χ1v) is 9.79. The van der Waals surface area contributed by atoms with Crippen LogP contribution in [0.1, 0.15) is 32.1 Å². The van der Waals surface area contributed by atoms with Crippen molar-refractivity contribution < 1.29 is 22.8 Å². The molecule has 0 aliphatic carbocycles. The van der Waals surface area contributed by atoms with Crippen LogP contribution in [0.4, 0.5) is 0 Å². The molecule has 0 fully saturated rings. The van der Waals surface area contributed by atoms with Gasteiger partial charge in [-0.2, -0.15) is 0 Å². The average Bonchev–Trinajstić information content (AvgIpc) is 3.25. The van der Waals surface area contributed by atoms with Crippen LogP contribution in [0.15, 0.2) is 65.8 Å². The Morgan fingerprint density at radius 2 is 1.57 bits per heavy atom. The number of hydrogen-bond acceptors (Lipinski definition) is 6. The van der Waals surface area contributed by atoms with E-state index in [9.17, 15) is 18.0 Å². The lowest BCUT2D eigenvalue weighted by atomic mass is 10.1. The van der Waals surface area contributed by atoms with Crippen molar-refractivity contribution in [3.8, 4) is 0 Å². The molecule has 1 aliphatic rings. The third-order valence-electron chi connectivity index (χ3n) is 4.34. The second-order valence-corrected chi connectivity index (χ2v) is 8.00. The fraction of sp³-hybridized carbons (Fsp3) is 0.105. The predicted octanol–water partition coefficient (Wildman–Crippen LogP) is 2.16. The zero-order chi connectivity index (χ0) is 19.9. The number of rotatable bonds is 5. The highest BCUT2D eigenvalue weighted by molar-refractivity contribution is 7.90. The molecular formula is C19H15N3O5S. The Morgan fingerprint density at radius 3 is 2.18 bits per heavy atom. The molecule has 0 bridgehead atoms. The van der Waals surface area contributed by atoms with Crippen LogP contribution in [0.2, 0.25) is 0 Å². The standard InChI is InChI=1S/C19H15N3O5S/c1-13-6-8-14(9-7-13)28(25,26)21-11-10-20-17(21)12-27-22-18(23)15-4-2-3-5-16(15)19(22)24/h2-11H,12H2,1H3. The Kier molecular flexibility index (Phi) is 4.33. The van der Waals surface area contributed by atoms with Gasteiger partial charge in [0.2, 0.25) is 0 Å². The van der Waals surface area contributed by atoms with Crippen LogP contribution < -0.4 is 0 Å². The number of imide groups is 1. The van der Waals surface area contributed by atoms with Crippen molar-refractivity contribution in [2.45, 2.75) is 18.4 Å². The van der Waals surface area contributed by atoms with Crippen molar-refractivity contribution >= 4 is 21.8 Å². The monoisotopic (exact) mass is 397 g/mol. The Labute approximate surface area is 161 Å². The highest BCUT2D eigenvalue weighted by atomic mass is 32.2. The number of aryl methyl sites for hydroxylation is 1. The van der Waals surface area contributed by atoms with Crippen LogP contribution >= 0.6 is 0 Å². The van der Waals surface area contributed by atoms with Gasteiger partial charge in [-0.25, -0.2) is 17.4 Å². The van der Waals surface area contributed by atoms with Gasteiger partial charge in [0.1, 0.15) is 6.61 Å². The van der Waals surface area contributed by atoms with E-state index >= 15 is 0 Å². The summed E-state index contributed by atoms with van der Waals surface area (Å²) in [6.45, 7) is 1.48. The molecular weight excluding hydrogens is 382 g/mol. The number of carbonyl (C=O) groups excluding carboxylic acids is 2. The zero-order valence-corrected chi connectivity index (χ0v) is 15.6. The van der Waals surface area contributed by atoms with Gasteiger partial charge in [-0.3, -0.25) is 14.4 Å². The second-order valence-electron chi connectivity index (χ2n) is 6.18. The smallest absolute Gasteiger partial charge is 0.266 e. The third-order valence-corrected chi connectivity index (χ3v) is 6.06. The van der Waals surface area contributed by atoms with E-state index in [-0.39, 0.29) is 28.5 Å². The van der Waals surface area contributed by atoms with E-state index < -0.39 is 21.8 Å². The van der Waals surface area contributed by atoms with Crippen LogP contribution in [0, 0.1) is 6.92 Å². The molecule has 0 unspecified atom stereocenters. The molecule has 0 saturated heterocycles. The summed E-state index contributed by atoms with van der Waals surface area (Å²) in [5.41, 5.74) is 1.41. The first-order chi connectivity index (χ1) is 13.4. The van der Waals surface area contributed by atoms with E-state index in [0.717, 1.165) is 9.54 Å². The summed E-state index contributed by atoms with van der Waals surface area (Å²) in [5, 5.41) is 0.627. The van der Waals surface area contributed by atoms with Crippen molar-refractivity contribution in [3.05, 3.63) is 83.4 Å². The van der Waals surface area contributed by atoms with E-state index in [0.29, 0.717) is 5.06 Å². The first-order valence-electron chi connectivity index (χ1n) is 8.35. The van der Waals surface area contributed by atoms with Crippen molar-refractivity contribution in [3.63, 3.8) is 0 Å². The Balaban J connectivity index is 1.57. The second kappa shape index (κ2) is 6.70. The van der Waals surface area contributed by atoms with Gasteiger partial charge >= 0.3 is 0 Å². The van der Waals surface area contributed by atoms with Gasteiger partial charge in [0, 0.05) is 12.4 Å². The maximum Gasteiger partial charge on any atom is 0.285 e. The van der Waals surface area contributed by atoms with E-state index in [2.05, 4.69) is 4.98 Å². The molecule has 0 atom stereocenters. The normalized spacial score (nSPS) is 13.8. The van der Waals surface area contributed by atoms with E-state index in [1.807, 2.05) is 6.92 Å². The topological polar surface area (TPSA) is 98.6 Å². The lowest BCUT2D eigenvalue weighted by Crippen LogP contribution is -2.30. The van der Waals surface area contributed by atoms with Gasteiger partial charge in [0.05, 0.1) is 16.0 Å². The lowest BCUT2D eigenvalue weighted by molar-refractivity contribution is -0.103. The Bertz CT molecular complexity index is 1150. The fourth-order valence-electron chi connectivity index (χ4n) is 2.87. The highest BCUT2D eigenvalue weighted by Gasteiger charge is 2.37. The predicted molar refractivity (Wildman–Crippen MR) is 97.7 cm³/mol. The molecule has 8 nitrogen and oxygen atoms in total. The molecule has 2 aromatic carbocycles. The van der Waals surface area contributed by atoms with E-state index in [1.54, 1.807) is 24.3 Å². The SMILES string of the molecule is Cc1ccc(S(=O)(=O)n2ccnc2CON2C(=O)c3ccccc3C2=O)cc1. The van der Waals surface area contributed by atoms with Gasteiger partial charge in [0.15, 0.2) is 5.82 Å². The highest BCUT2D eigenvalue weighted by Crippen LogP contribution is 2.23. The molecule has 0 spiro atoms. The maximum atomic E-state index is 12.9. The molecule has 1 aliphatic heterocycles. The summed E-state index contributed by atoms with van der Waals surface area (Å²) < 4.78 is 26.7. The van der Waals surface area contributed by atoms with Crippen molar-refractivity contribution in [1.29, 1.82) is 0 Å². The van der Waals surface area contributed by atoms with Crippen molar-refractivity contribution in [2.24, 2.45) is 0 Å². The largest absolute Gasteiger partial charge is 0.285 e. The maximum absolute atomic E-state index is 12.9. The molecule has 28 heavy (non-hydrogen) atoms. The molecule has 2 amide bonds. The summed E-state index contributed by atoms with van der Waals surface area (Å²) >= 11 is 0.